The topological polar surface area (TPSA) is 55.8 Å². The van der Waals surface area contributed by atoms with Crippen molar-refractivity contribution in [3.8, 4) is 11.5 Å². The van der Waals surface area contributed by atoms with Gasteiger partial charge in [-0.25, -0.2) is 4.90 Å². The molecule has 0 spiro atoms. The monoisotopic (exact) mass is 355 g/mol. The maximum absolute atomic E-state index is 12.7. The van der Waals surface area contributed by atoms with Gasteiger partial charge in [0.05, 0.1) is 24.8 Å². The number of nitrogens with zero attached hydrogens (tertiary/aromatic N) is 1. The zero-order chi connectivity index (χ0) is 18.0. The third-order valence-electron chi connectivity index (χ3n) is 3.76. The molecular formula is C19H17NO4S. The highest BCUT2D eigenvalue weighted by Gasteiger charge is 2.36. The van der Waals surface area contributed by atoms with Gasteiger partial charge in [0.15, 0.2) is 11.5 Å². The van der Waals surface area contributed by atoms with Gasteiger partial charge in [-0.2, -0.15) is 0 Å². The van der Waals surface area contributed by atoms with Crippen LogP contribution in [0.4, 0.5) is 10.5 Å². The Morgan fingerprint density at radius 2 is 1.76 bits per heavy atom. The average Bonchev–Trinajstić information content (AvgIpc) is 2.88. The minimum Gasteiger partial charge on any atom is -0.493 e. The minimum atomic E-state index is -0.324. The lowest BCUT2D eigenvalue weighted by Crippen LogP contribution is -2.27. The smallest absolute Gasteiger partial charge is 0.298 e. The van der Waals surface area contributed by atoms with Crippen molar-refractivity contribution < 1.29 is 19.1 Å². The van der Waals surface area contributed by atoms with Gasteiger partial charge in [0.25, 0.3) is 11.1 Å². The predicted molar refractivity (Wildman–Crippen MR) is 99.2 cm³/mol. The van der Waals surface area contributed by atoms with Crippen LogP contribution in [0.3, 0.4) is 0 Å². The van der Waals surface area contributed by atoms with Crippen molar-refractivity contribution in [1.82, 2.24) is 0 Å². The first-order valence-corrected chi connectivity index (χ1v) is 8.42. The van der Waals surface area contributed by atoms with Crippen molar-refractivity contribution in [2.24, 2.45) is 0 Å². The van der Waals surface area contributed by atoms with Crippen LogP contribution in [0.2, 0.25) is 0 Å². The first kappa shape index (κ1) is 17.1. The molecule has 1 heterocycles. The second kappa shape index (κ2) is 7.03. The van der Waals surface area contributed by atoms with Crippen molar-refractivity contribution in [3.05, 3.63) is 58.5 Å². The Kier molecular flexibility index (Phi) is 4.81. The highest BCUT2D eigenvalue weighted by molar-refractivity contribution is 8.19. The lowest BCUT2D eigenvalue weighted by Gasteiger charge is -2.12. The van der Waals surface area contributed by atoms with Crippen molar-refractivity contribution >= 4 is 34.7 Å². The van der Waals surface area contributed by atoms with Gasteiger partial charge in [-0.15, -0.1) is 0 Å². The lowest BCUT2D eigenvalue weighted by atomic mass is 10.1. The molecule has 128 valence electrons. The number of imide groups is 1. The first-order chi connectivity index (χ1) is 12.0. The van der Waals surface area contributed by atoms with E-state index in [1.807, 2.05) is 31.2 Å². The molecule has 3 rings (SSSR count). The number of methoxy groups -OCH3 is 2. The summed E-state index contributed by atoms with van der Waals surface area (Å²) in [5, 5.41) is -0.303. The largest absolute Gasteiger partial charge is 0.493 e. The highest BCUT2D eigenvalue weighted by Crippen LogP contribution is 2.37. The number of ether oxygens (including phenoxy) is 2. The number of thioether (sulfide) groups is 1. The summed E-state index contributed by atoms with van der Waals surface area (Å²) in [6.07, 6.45) is 1.68. The van der Waals surface area contributed by atoms with Crippen LogP contribution >= 0.6 is 11.8 Å². The fraction of sp³-hybridized carbons (Fsp3) is 0.158. The summed E-state index contributed by atoms with van der Waals surface area (Å²) in [4.78, 5) is 26.5. The fourth-order valence-electron chi connectivity index (χ4n) is 2.55. The molecule has 0 aromatic heterocycles. The molecule has 5 nitrogen and oxygen atoms in total. The van der Waals surface area contributed by atoms with Gasteiger partial charge in [0.2, 0.25) is 0 Å². The normalized spacial score (nSPS) is 15.8. The van der Waals surface area contributed by atoms with E-state index < -0.39 is 0 Å². The van der Waals surface area contributed by atoms with Gasteiger partial charge in [0, 0.05) is 0 Å². The van der Waals surface area contributed by atoms with Crippen LogP contribution in [0.5, 0.6) is 11.5 Å². The number of rotatable bonds is 4. The van der Waals surface area contributed by atoms with Gasteiger partial charge in [-0.3, -0.25) is 9.59 Å². The van der Waals surface area contributed by atoms with Crippen LogP contribution in [-0.4, -0.2) is 25.4 Å². The molecule has 0 aliphatic carbocycles. The number of amides is 2. The van der Waals surface area contributed by atoms with E-state index in [-0.39, 0.29) is 11.1 Å². The molecule has 0 N–H and O–H groups in total. The Morgan fingerprint density at radius 1 is 1.00 bits per heavy atom. The second-order valence-corrected chi connectivity index (χ2v) is 6.46. The average molecular weight is 355 g/mol. The minimum absolute atomic E-state index is 0.303. The van der Waals surface area contributed by atoms with Crippen molar-refractivity contribution in [2.75, 3.05) is 19.1 Å². The summed E-state index contributed by atoms with van der Waals surface area (Å²) in [7, 11) is 3.11. The van der Waals surface area contributed by atoms with E-state index in [9.17, 15) is 9.59 Å². The van der Waals surface area contributed by atoms with Crippen LogP contribution in [-0.2, 0) is 4.79 Å². The van der Waals surface area contributed by atoms with Crippen LogP contribution in [0.1, 0.15) is 11.1 Å². The van der Waals surface area contributed by atoms with E-state index in [1.54, 1.807) is 38.5 Å². The van der Waals surface area contributed by atoms with Crippen molar-refractivity contribution in [3.63, 3.8) is 0 Å². The number of carbonyl (C=O) groups is 2. The summed E-state index contributed by atoms with van der Waals surface area (Å²) >= 11 is 0.927. The molecule has 1 aliphatic heterocycles. The van der Waals surface area contributed by atoms with Crippen LogP contribution in [0.25, 0.3) is 6.08 Å². The summed E-state index contributed by atoms with van der Waals surface area (Å²) in [5.41, 5.74) is 2.33. The zero-order valence-corrected chi connectivity index (χ0v) is 14.9. The Balaban J connectivity index is 1.93. The predicted octanol–water partition coefficient (Wildman–Crippen LogP) is 4.25. The number of hydrogen-bond acceptors (Lipinski definition) is 5. The quantitative estimate of drug-likeness (QED) is 0.767. The van der Waals surface area contributed by atoms with Gasteiger partial charge in [-0.1, -0.05) is 18.2 Å². The van der Waals surface area contributed by atoms with E-state index in [2.05, 4.69) is 0 Å². The van der Waals surface area contributed by atoms with Gasteiger partial charge in [0.1, 0.15) is 0 Å². The number of aryl methyl sites for hydroxylation is 1. The fourth-order valence-corrected chi connectivity index (χ4v) is 3.39. The Morgan fingerprint density at radius 3 is 2.44 bits per heavy atom. The van der Waals surface area contributed by atoms with E-state index in [0.29, 0.717) is 22.1 Å². The zero-order valence-electron chi connectivity index (χ0n) is 14.1. The maximum atomic E-state index is 12.7. The maximum Gasteiger partial charge on any atom is 0.298 e. The van der Waals surface area contributed by atoms with E-state index in [0.717, 1.165) is 22.9 Å². The first-order valence-electron chi connectivity index (χ1n) is 7.60. The number of carbonyl (C=O) groups excluding carboxylic acids is 2. The molecular weight excluding hydrogens is 338 g/mol. The van der Waals surface area contributed by atoms with E-state index in [1.165, 1.54) is 4.90 Å². The molecule has 6 heteroatoms. The number of hydrogen-bond donors (Lipinski definition) is 0. The molecule has 2 amide bonds. The second-order valence-electron chi connectivity index (χ2n) is 5.47. The third kappa shape index (κ3) is 3.39. The molecule has 25 heavy (non-hydrogen) atoms. The molecule has 0 radical (unpaired) electrons. The van der Waals surface area contributed by atoms with Crippen LogP contribution < -0.4 is 14.4 Å². The molecule has 2 aromatic rings. The standard InChI is InChI=1S/C19H17NO4S/c1-12-5-4-6-14(9-12)20-18(21)17(25-19(20)22)11-13-7-8-15(23-2)16(10-13)24-3/h4-11H,1-3H3. The summed E-state index contributed by atoms with van der Waals surface area (Å²) in [5.74, 6) is 0.845. The van der Waals surface area contributed by atoms with Crippen molar-refractivity contribution in [1.29, 1.82) is 0 Å². The van der Waals surface area contributed by atoms with Gasteiger partial charge >= 0.3 is 0 Å². The number of benzene rings is 2. The molecule has 1 saturated heterocycles. The Labute approximate surface area is 150 Å². The molecule has 0 saturated carbocycles. The summed E-state index contributed by atoms with van der Waals surface area (Å²) < 4.78 is 10.5. The summed E-state index contributed by atoms with van der Waals surface area (Å²) in [6, 6.07) is 12.6. The highest BCUT2D eigenvalue weighted by atomic mass is 32.2. The SMILES string of the molecule is COc1ccc(C=C2SC(=O)N(c3cccc(C)c3)C2=O)cc1OC. The van der Waals surface area contributed by atoms with Crippen molar-refractivity contribution in [2.45, 2.75) is 6.92 Å². The lowest BCUT2D eigenvalue weighted by molar-refractivity contribution is -0.113. The molecule has 1 fully saturated rings. The van der Waals surface area contributed by atoms with Gasteiger partial charge < -0.3 is 9.47 Å². The van der Waals surface area contributed by atoms with E-state index >= 15 is 0 Å². The third-order valence-corrected chi connectivity index (χ3v) is 4.63. The Bertz CT molecular complexity index is 875. The molecule has 0 unspecified atom stereocenters. The molecule has 0 atom stereocenters. The Hall–Kier alpha value is -2.73. The summed E-state index contributed by atoms with van der Waals surface area (Å²) in [6.45, 7) is 1.92. The molecule has 2 aromatic carbocycles. The molecule has 1 aliphatic rings. The van der Waals surface area contributed by atoms with E-state index in [4.69, 9.17) is 9.47 Å². The van der Waals surface area contributed by atoms with Crippen LogP contribution in [0.15, 0.2) is 47.4 Å². The van der Waals surface area contributed by atoms with Gasteiger partial charge in [-0.05, 0) is 60.2 Å². The number of anilines is 1. The van der Waals surface area contributed by atoms with Crippen LogP contribution in [0, 0.1) is 6.92 Å². The molecule has 0 bridgehead atoms.